The van der Waals surface area contributed by atoms with Crippen LogP contribution >= 0.6 is 0 Å². The van der Waals surface area contributed by atoms with E-state index in [-0.39, 0.29) is 11.8 Å². The summed E-state index contributed by atoms with van der Waals surface area (Å²) >= 11 is 0. The molecule has 0 aliphatic carbocycles. The molecule has 0 saturated carbocycles. The molecule has 2 amide bonds. The van der Waals surface area contributed by atoms with E-state index >= 15 is 0 Å². The standard InChI is InChI=1S/C24H32N4O4Si/c1-26-15-14-21(25)32-16-22(29)28-23(17-6-10-19(31-2)11-7-17)24(30)27-18-8-12-20(13-9-18)33(3,4)5/h6-15,23,25-26H,16H2,1-5H3,(H,27,30)(H,28,29)/b15-14-,25-21?. The first-order chi connectivity index (χ1) is 15.6. The van der Waals surface area contributed by atoms with Crippen LogP contribution in [-0.4, -0.2) is 46.6 Å². The van der Waals surface area contributed by atoms with E-state index in [1.807, 2.05) is 24.3 Å². The zero-order valence-electron chi connectivity index (χ0n) is 19.7. The van der Waals surface area contributed by atoms with E-state index in [1.165, 1.54) is 17.5 Å². The van der Waals surface area contributed by atoms with Crippen molar-refractivity contribution >= 4 is 36.7 Å². The molecule has 0 aliphatic rings. The molecule has 0 fully saturated rings. The van der Waals surface area contributed by atoms with Crippen LogP contribution < -0.4 is 25.9 Å². The highest BCUT2D eigenvalue weighted by Crippen LogP contribution is 2.20. The van der Waals surface area contributed by atoms with Gasteiger partial charge in [0, 0.05) is 25.0 Å². The number of benzene rings is 2. The maximum Gasteiger partial charge on any atom is 0.258 e. The van der Waals surface area contributed by atoms with Gasteiger partial charge in [-0.05, 0) is 29.8 Å². The molecule has 2 rings (SSSR count). The largest absolute Gasteiger partial charge is 0.497 e. The van der Waals surface area contributed by atoms with E-state index < -0.39 is 26.6 Å². The Morgan fingerprint density at radius 3 is 2.24 bits per heavy atom. The van der Waals surface area contributed by atoms with Crippen molar-refractivity contribution in [3.63, 3.8) is 0 Å². The van der Waals surface area contributed by atoms with Crippen molar-refractivity contribution in [2.75, 3.05) is 26.1 Å². The van der Waals surface area contributed by atoms with Gasteiger partial charge in [-0.3, -0.25) is 15.0 Å². The van der Waals surface area contributed by atoms with E-state index in [0.29, 0.717) is 17.0 Å². The Balaban J connectivity index is 2.15. The molecular formula is C24H32N4O4Si. The molecule has 9 heteroatoms. The third-order valence-electron chi connectivity index (χ3n) is 4.80. The van der Waals surface area contributed by atoms with Crippen molar-refractivity contribution in [1.29, 1.82) is 5.41 Å². The molecule has 176 valence electrons. The fraction of sp³-hybridized carbons (Fsp3) is 0.292. The average molecular weight is 469 g/mol. The van der Waals surface area contributed by atoms with Gasteiger partial charge in [0.1, 0.15) is 11.8 Å². The van der Waals surface area contributed by atoms with Crippen LogP contribution in [0.1, 0.15) is 11.6 Å². The minimum absolute atomic E-state index is 0.174. The van der Waals surface area contributed by atoms with Gasteiger partial charge in [-0.25, -0.2) is 0 Å². The van der Waals surface area contributed by atoms with Crippen LogP contribution in [0, 0.1) is 5.41 Å². The van der Waals surface area contributed by atoms with Gasteiger partial charge in [0.15, 0.2) is 6.61 Å². The Morgan fingerprint density at radius 2 is 1.70 bits per heavy atom. The first-order valence-electron chi connectivity index (χ1n) is 10.5. The second-order valence-electron chi connectivity index (χ2n) is 8.37. The zero-order chi connectivity index (χ0) is 24.4. The van der Waals surface area contributed by atoms with E-state index in [9.17, 15) is 9.59 Å². The smallest absolute Gasteiger partial charge is 0.258 e. The minimum Gasteiger partial charge on any atom is -0.497 e. The Bertz CT molecular complexity index is 983. The number of ether oxygens (including phenoxy) is 2. The van der Waals surface area contributed by atoms with Crippen LogP contribution in [0.15, 0.2) is 60.8 Å². The molecule has 4 N–H and O–H groups in total. The van der Waals surface area contributed by atoms with Gasteiger partial charge >= 0.3 is 0 Å². The molecule has 8 nitrogen and oxygen atoms in total. The van der Waals surface area contributed by atoms with Crippen LogP contribution in [0.2, 0.25) is 19.6 Å². The number of methoxy groups -OCH3 is 1. The summed E-state index contributed by atoms with van der Waals surface area (Å²) in [5, 5.41) is 17.2. The lowest BCUT2D eigenvalue weighted by Gasteiger charge is -2.20. The van der Waals surface area contributed by atoms with Gasteiger partial charge in [0.25, 0.3) is 11.8 Å². The number of hydrogen-bond donors (Lipinski definition) is 4. The molecule has 0 saturated heterocycles. The van der Waals surface area contributed by atoms with Gasteiger partial charge in [-0.15, -0.1) is 0 Å². The third-order valence-corrected chi connectivity index (χ3v) is 6.86. The summed E-state index contributed by atoms with van der Waals surface area (Å²) in [6, 6.07) is 13.7. The van der Waals surface area contributed by atoms with E-state index in [1.54, 1.807) is 38.4 Å². The summed E-state index contributed by atoms with van der Waals surface area (Å²) in [4.78, 5) is 25.6. The van der Waals surface area contributed by atoms with Gasteiger partial charge in [-0.1, -0.05) is 49.1 Å². The topological polar surface area (TPSA) is 113 Å². The Labute approximate surface area is 195 Å². The summed E-state index contributed by atoms with van der Waals surface area (Å²) in [6.45, 7) is 6.38. The number of amides is 2. The number of carbonyl (C=O) groups excluding carboxylic acids is 2. The minimum atomic E-state index is -1.45. The molecule has 1 unspecified atom stereocenters. The number of hydrogen-bond acceptors (Lipinski definition) is 6. The Hall–Kier alpha value is -3.59. The second kappa shape index (κ2) is 11.9. The maximum atomic E-state index is 13.1. The molecule has 33 heavy (non-hydrogen) atoms. The predicted molar refractivity (Wildman–Crippen MR) is 134 cm³/mol. The summed E-state index contributed by atoms with van der Waals surface area (Å²) in [6.07, 6.45) is 2.90. The van der Waals surface area contributed by atoms with Gasteiger partial charge in [0.2, 0.25) is 5.90 Å². The van der Waals surface area contributed by atoms with Crippen molar-refractivity contribution in [2.45, 2.75) is 25.7 Å². The van der Waals surface area contributed by atoms with Crippen LogP contribution in [0.5, 0.6) is 5.75 Å². The molecular weight excluding hydrogens is 436 g/mol. The Kier molecular flexibility index (Phi) is 9.23. The lowest BCUT2D eigenvalue weighted by Crippen LogP contribution is -2.39. The summed E-state index contributed by atoms with van der Waals surface area (Å²) in [7, 11) is 1.79. The zero-order valence-corrected chi connectivity index (χ0v) is 20.7. The van der Waals surface area contributed by atoms with Crippen LogP contribution in [0.4, 0.5) is 5.69 Å². The molecule has 0 bridgehead atoms. The lowest BCUT2D eigenvalue weighted by atomic mass is 10.1. The van der Waals surface area contributed by atoms with Crippen LogP contribution in [0.3, 0.4) is 0 Å². The fourth-order valence-electron chi connectivity index (χ4n) is 2.92. The van der Waals surface area contributed by atoms with Crippen LogP contribution in [-0.2, 0) is 14.3 Å². The summed E-state index contributed by atoms with van der Waals surface area (Å²) in [5.41, 5.74) is 1.23. The Morgan fingerprint density at radius 1 is 1.06 bits per heavy atom. The van der Waals surface area contributed by atoms with E-state index in [4.69, 9.17) is 14.9 Å². The SMILES string of the molecule is CN/C=C\C(=N)OCC(=O)NC(C(=O)Nc1ccc([Si](C)(C)C)cc1)c1ccc(OC)cc1. The maximum absolute atomic E-state index is 13.1. The summed E-state index contributed by atoms with van der Waals surface area (Å²) in [5.74, 6) is -0.450. The molecule has 0 aliphatic heterocycles. The number of rotatable bonds is 10. The first-order valence-corrected chi connectivity index (χ1v) is 14.0. The number of anilines is 1. The van der Waals surface area contributed by atoms with Gasteiger partial charge < -0.3 is 25.4 Å². The monoisotopic (exact) mass is 468 g/mol. The third kappa shape index (κ3) is 8.11. The molecule has 0 spiro atoms. The summed E-state index contributed by atoms with van der Waals surface area (Å²) < 4.78 is 10.3. The second-order valence-corrected chi connectivity index (χ2v) is 13.4. The highest BCUT2D eigenvalue weighted by Gasteiger charge is 2.24. The molecule has 0 aromatic heterocycles. The lowest BCUT2D eigenvalue weighted by molar-refractivity contribution is -0.128. The van der Waals surface area contributed by atoms with Crippen molar-refractivity contribution in [3.8, 4) is 5.75 Å². The van der Waals surface area contributed by atoms with Crippen molar-refractivity contribution in [1.82, 2.24) is 10.6 Å². The molecule has 2 aromatic rings. The van der Waals surface area contributed by atoms with Crippen LogP contribution in [0.25, 0.3) is 0 Å². The predicted octanol–water partition coefficient (Wildman–Crippen LogP) is 2.76. The number of carbonyl (C=O) groups is 2. The quantitative estimate of drug-likeness (QED) is 0.243. The van der Waals surface area contributed by atoms with Crippen molar-refractivity contribution < 1.29 is 19.1 Å². The molecule has 0 radical (unpaired) electrons. The number of nitrogens with one attached hydrogen (secondary N) is 4. The molecule has 1 atom stereocenters. The van der Waals surface area contributed by atoms with Gasteiger partial charge in [-0.2, -0.15) is 0 Å². The van der Waals surface area contributed by atoms with Crippen molar-refractivity contribution in [2.24, 2.45) is 0 Å². The van der Waals surface area contributed by atoms with Crippen molar-refractivity contribution in [3.05, 3.63) is 66.4 Å². The fourth-order valence-corrected chi connectivity index (χ4v) is 4.08. The average Bonchev–Trinajstić information content (AvgIpc) is 2.79. The molecule has 0 heterocycles. The highest BCUT2D eigenvalue weighted by molar-refractivity contribution is 6.88. The van der Waals surface area contributed by atoms with E-state index in [2.05, 4.69) is 35.6 Å². The first kappa shape index (κ1) is 25.7. The highest BCUT2D eigenvalue weighted by atomic mass is 28.3. The normalized spacial score (nSPS) is 12.0. The molecule has 2 aromatic carbocycles. The van der Waals surface area contributed by atoms with E-state index in [0.717, 1.165) is 0 Å². The van der Waals surface area contributed by atoms with Gasteiger partial charge in [0.05, 0.1) is 15.2 Å².